The van der Waals surface area contributed by atoms with E-state index in [0.29, 0.717) is 11.4 Å². The van der Waals surface area contributed by atoms with Crippen molar-refractivity contribution in [3.05, 3.63) is 24.0 Å². The summed E-state index contributed by atoms with van der Waals surface area (Å²) in [7, 11) is 1.50. The number of anilines is 1. The maximum atomic E-state index is 13.2. The van der Waals surface area contributed by atoms with Gasteiger partial charge in [-0.2, -0.15) is 0 Å². The smallest absolute Gasteiger partial charge is 0.227 e. The van der Waals surface area contributed by atoms with Crippen molar-refractivity contribution < 1.29 is 13.9 Å². The number of hydrogen-bond acceptors (Lipinski definition) is 2. The van der Waals surface area contributed by atoms with Crippen LogP contribution in [0, 0.1) is 11.7 Å². The molecule has 1 aliphatic rings. The lowest BCUT2D eigenvalue weighted by atomic mass is 9.88. The van der Waals surface area contributed by atoms with Gasteiger partial charge in [0.2, 0.25) is 5.91 Å². The van der Waals surface area contributed by atoms with Gasteiger partial charge in [-0.1, -0.05) is 19.3 Å². The van der Waals surface area contributed by atoms with E-state index in [1.54, 1.807) is 0 Å². The minimum Gasteiger partial charge on any atom is -0.495 e. The van der Waals surface area contributed by atoms with Gasteiger partial charge < -0.3 is 10.1 Å². The quantitative estimate of drug-likeness (QED) is 0.894. The van der Waals surface area contributed by atoms with Gasteiger partial charge in [0.05, 0.1) is 12.8 Å². The molecule has 4 heteroatoms. The van der Waals surface area contributed by atoms with Gasteiger partial charge in [-0.05, 0) is 25.0 Å². The van der Waals surface area contributed by atoms with Crippen LogP contribution in [0.5, 0.6) is 5.75 Å². The largest absolute Gasteiger partial charge is 0.495 e. The normalized spacial score (nSPS) is 16.3. The summed E-state index contributed by atoms with van der Waals surface area (Å²) in [5.74, 6) is 0.126. The lowest BCUT2D eigenvalue weighted by molar-refractivity contribution is -0.120. The molecule has 2 rings (SSSR count). The third kappa shape index (κ3) is 3.00. The Balaban J connectivity index is 2.07. The molecule has 0 saturated heterocycles. The molecule has 1 amide bonds. The predicted molar refractivity (Wildman–Crippen MR) is 68.2 cm³/mol. The van der Waals surface area contributed by atoms with E-state index in [2.05, 4.69) is 5.32 Å². The number of methoxy groups -OCH3 is 1. The Bertz CT molecular complexity index is 428. The van der Waals surface area contributed by atoms with Crippen molar-refractivity contribution in [1.82, 2.24) is 0 Å². The van der Waals surface area contributed by atoms with E-state index >= 15 is 0 Å². The van der Waals surface area contributed by atoms with Crippen LogP contribution in [0.1, 0.15) is 32.1 Å². The fourth-order valence-electron chi connectivity index (χ4n) is 2.38. The summed E-state index contributed by atoms with van der Waals surface area (Å²) < 4.78 is 18.3. The summed E-state index contributed by atoms with van der Waals surface area (Å²) in [6, 6.07) is 4.13. The minimum absolute atomic E-state index is 0.0291. The maximum absolute atomic E-state index is 13.2. The average Bonchev–Trinajstić information content (AvgIpc) is 2.40. The van der Waals surface area contributed by atoms with Crippen molar-refractivity contribution in [3.63, 3.8) is 0 Å². The molecule has 1 saturated carbocycles. The molecular weight excluding hydrogens is 233 g/mol. The third-order valence-corrected chi connectivity index (χ3v) is 3.40. The van der Waals surface area contributed by atoms with Crippen LogP contribution >= 0.6 is 0 Å². The molecular formula is C14H18FNO2. The zero-order valence-corrected chi connectivity index (χ0v) is 10.5. The lowest BCUT2D eigenvalue weighted by Gasteiger charge is -2.21. The highest BCUT2D eigenvalue weighted by Gasteiger charge is 2.22. The highest BCUT2D eigenvalue weighted by atomic mass is 19.1. The summed E-state index contributed by atoms with van der Waals surface area (Å²) in [5, 5.41) is 2.77. The van der Waals surface area contributed by atoms with E-state index in [-0.39, 0.29) is 17.6 Å². The van der Waals surface area contributed by atoms with Crippen LogP contribution in [-0.4, -0.2) is 13.0 Å². The first kappa shape index (κ1) is 12.9. The van der Waals surface area contributed by atoms with Gasteiger partial charge in [0, 0.05) is 12.0 Å². The number of halogens is 1. The van der Waals surface area contributed by atoms with Gasteiger partial charge in [0.15, 0.2) is 0 Å². The Morgan fingerprint density at radius 3 is 2.72 bits per heavy atom. The van der Waals surface area contributed by atoms with Crippen LogP contribution < -0.4 is 10.1 Å². The highest BCUT2D eigenvalue weighted by molar-refractivity contribution is 5.94. The molecule has 0 spiro atoms. The standard InChI is InChI=1S/C14H18FNO2/c1-18-13-8-7-11(15)9-12(13)16-14(17)10-5-3-2-4-6-10/h7-10H,2-6H2,1H3,(H,16,17). The Morgan fingerprint density at radius 2 is 2.06 bits per heavy atom. The lowest BCUT2D eigenvalue weighted by Crippen LogP contribution is -2.25. The molecule has 0 aromatic heterocycles. The number of rotatable bonds is 3. The molecule has 18 heavy (non-hydrogen) atoms. The molecule has 0 heterocycles. The number of nitrogens with one attached hydrogen (secondary N) is 1. The summed E-state index contributed by atoms with van der Waals surface area (Å²) >= 11 is 0. The second kappa shape index (κ2) is 5.85. The van der Waals surface area contributed by atoms with Gasteiger partial charge in [-0.25, -0.2) is 4.39 Å². The van der Waals surface area contributed by atoms with Crippen LogP contribution in [0.3, 0.4) is 0 Å². The zero-order chi connectivity index (χ0) is 13.0. The molecule has 0 atom stereocenters. The van der Waals surface area contributed by atoms with Crippen molar-refractivity contribution in [3.8, 4) is 5.75 Å². The number of hydrogen-bond donors (Lipinski definition) is 1. The number of ether oxygens (including phenoxy) is 1. The monoisotopic (exact) mass is 251 g/mol. The molecule has 98 valence electrons. The van der Waals surface area contributed by atoms with Gasteiger partial charge in [0.25, 0.3) is 0 Å². The van der Waals surface area contributed by atoms with Crippen LogP contribution in [0.2, 0.25) is 0 Å². The maximum Gasteiger partial charge on any atom is 0.227 e. The molecule has 1 aromatic carbocycles. The molecule has 1 fully saturated rings. The fraction of sp³-hybridized carbons (Fsp3) is 0.500. The van der Waals surface area contributed by atoms with E-state index in [9.17, 15) is 9.18 Å². The van der Waals surface area contributed by atoms with Crippen LogP contribution in [0.15, 0.2) is 18.2 Å². The predicted octanol–water partition coefficient (Wildman–Crippen LogP) is 3.35. The summed E-state index contributed by atoms with van der Waals surface area (Å²) in [6.07, 6.45) is 5.23. The molecule has 0 bridgehead atoms. The minimum atomic E-state index is -0.380. The summed E-state index contributed by atoms with van der Waals surface area (Å²) in [6.45, 7) is 0. The van der Waals surface area contributed by atoms with Crippen LogP contribution in [0.4, 0.5) is 10.1 Å². The van der Waals surface area contributed by atoms with Crippen molar-refractivity contribution in [2.75, 3.05) is 12.4 Å². The third-order valence-electron chi connectivity index (χ3n) is 3.40. The Labute approximate surface area is 106 Å². The first-order valence-corrected chi connectivity index (χ1v) is 6.35. The Morgan fingerprint density at radius 1 is 1.33 bits per heavy atom. The fourth-order valence-corrected chi connectivity index (χ4v) is 2.38. The van der Waals surface area contributed by atoms with E-state index in [1.807, 2.05) is 0 Å². The molecule has 1 N–H and O–H groups in total. The summed E-state index contributed by atoms with van der Waals surface area (Å²) in [5.41, 5.74) is 0.410. The molecule has 0 aliphatic heterocycles. The van der Waals surface area contributed by atoms with Crippen molar-refractivity contribution in [1.29, 1.82) is 0 Å². The highest BCUT2D eigenvalue weighted by Crippen LogP contribution is 2.28. The van der Waals surface area contributed by atoms with E-state index < -0.39 is 0 Å². The molecule has 3 nitrogen and oxygen atoms in total. The van der Waals surface area contributed by atoms with Crippen molar-refractivity contribution >= 4 is 11.6 Å². The van der Waals surface area contributed by atoms with Gasteiger partial charge >= 0.3 is 0 Å². The number of carbonyl (C=O) groups excluding carboxylic acids is 1. The first-order valence-electron chi connectivity index (χ1n) is 6.35. The van der Waals surface area contributed by atoms with Crippen molar-refractivity contribution in [2.24, 2.45) is 5.92 Å². The van der Waals surface area contributed by atoms with Gasteiger partial charge in [-0.15, -0.1) is 0 Å². The molecule has 0 radical (unpaired) electrons. The zero-order valence-electron chi connectivity index (χ0n) is 10.5. The number of amides is 1. The number of benzene rings is 1. The SMILES string of the molecule is COc1ccc(F)cc1NC(=O)C1CCCCC1. The van der Waals surface area contributed by atoms with Crippen LogP contribution in [0.25, 0.3) is 0 Å². The number of carbonyl (C=O) groups is 1. The average molecular weight is 251 g/mol. The van der Waals surface area contributed by atoms with E-state index in [4.69, 9.17) is 4.74 Å². The molecule has 1 aliphatic carbocycles. The van der Waals surface area contributed by atoms with E-state index in [0.717, 1.165) is 25.7 Å². The molecule has 0 unspecified atom stereocenters. The molecule has 1 aromatic rings. The van der Waals surface area contributed by atoms with Gasteiger partial charge in [-0.3, -0.25) is 4.79 Å². The summed E-state index contributed by atoms with van der Waals surface area (Å²) in [4.78, 5) is 12.1. The van der Waals surface area contributed by atoms with Gasteiger partial charge in [0.1, 0.15) is 11.6 Å². The van der Waals surface area contributed by atoms with Crippen molar-refractivity contribution in [2.45, 2.75) is 32.1 Å². The van der Waals surface area contributed by atoms with E-state index in [1.165, 1.54) is 31.7 Å². The Hall–Kier alpha value is -1.58. The Kier molecular flexibility index (Phi) is 4.18. The first-order chi connectivity index (χ1) is 8.70. The second-order valence-corrected chi connectivity index (χ2v) is 4.67. The van der Waals surface area contributed by atoms with Crippen LogP contribution in [-0.2, 0) is 4.79 Å². The topological polar surface area (TPSA) is 38.3 Å². The second-order valence-electron chi connectivity index (χ2n) is 4.67.